The molecule has 0 saturated heterocycles. The molecule has 1 aromatic heterocycles. The van der Waals surface area contributed by atoms with Crippen molar-refractivity contribution in [3.05, 3.63) is 56.7 Å². The lowest BCUT2D eigenvalue weighted by Gasteiger charge is -2.12. The second-order valence-corrected chi connectivity index (χ2v) is 7.70. The molecular weight excluding hydrogens is 453 g/mol. The van der Waals surface area contributed by atoms with Gasteiger partial charge in [-0.1, -0.05) is 27.6 Å². The molecule has 2 nitrogen and oxygen atoms in total. The quantitative estimate of drug-likeness (QED) is 0.364. The Bertz CT molecular complexity index is 696. The van der Waals surface area contributed by atoms with E-state index in [1.165, 1.54) is 25.7 Å². The molecule has 1 N–H and O–H groups in total. The summed E-state index contributed by atoms with van der Waals surface area (Å²) in [6, 6.07) is 10.2. The van der Waals surface area contributed by atoms with Crippen LogP contribution in [0.5, 0.6) is 0 Å². The van der Waals surface area contributed by atoms with Gasteiger partial charge in [-0.3, -0.25) is 0 Å². The van der Waals surface area contributed by atoms with Gasteiger partial charge in [0.05, 0.1) is 6.54 Å². The summed E-state index contributed by atoms with van der Waals surface area (Å²) in [7, 11) is 0. The summed E-state index contributed by atoms with van der Waals surface area (Å²) in [4.78, 5) is 0. The van der Waals surface area contributed by atoms with Gasteiger partial charge in [0.2, 0.25) is 0 Å². The number of hydrogen-bond acceptors (Lipinski definition) is 2. The molecular formula is C19H22Br2ClNO. The lowest BCUT2D eigenvalue weighted by Crippen LogP contribution is -2.15. The number of rotatable bonds is 6. The van der Waals surface area contributed by atoms with Gasteiger partial charge in [-0.2, -0.15) is 0 Å². The summed E-state index contributed by atoms with van der Waals surface area (Å²) in [5.74, 6) is 1.88. The van der Waals surface area contributed by atoms with E-state index in [4.69, 9.17) is 4.42 Å². The fourth-order valence-corrected chi connectivity index (χ4v) is 4.14. The fourth-order valence-electron chi connectivity index (χ4n) is 2.90. The van der Waals surface area contributed by atoms with Crippen molar-refractivity contribution in [1.82, 2.24) is 5.32 Å². The minimum Gasteiger partial charge on any atom is -0.460 e. The number of halogens is 3. The van der Waals surface area contributed by atoms with Crippen LogP contribution in [0.3, 0.4) is 0 Å². The van der Waals surface area contributed by atoms with Crippen molar-refractivity contribution in [2.24, 2.45) is 0 Å². The molecule has 0 atom stereocenters. The molecule has 3 rings (SSSR count). The summed E-state index contributed by atoms with van der Waals surface area (Å²) >= 11 is 7.06. The summed E-state index contributed by atoms with van der Waals surface area (Å²) in [5, 5.41) is 3.48. The van der Waals surface area contributed by atoms with Gasteiger partial charge in [0.25, 0.3) is 0 Å². The third-order valence-corrected chi connectivity index (χ3v) is 5.31. The van der Waals surface area contributed by atoms with E-state index in [0.717, 1.165) is 45.5 Å². The molecule has 1 heterocycles. The molecule has 0 aliphatic heterocycles. The molecule has 1 aliphatic carbocycles. The number of nitrogens with one attached hydrogen (secondary N) is 1. The standard InChI is InChI=1S/C19H21Br2NO.ClH/c20-15-6-8-17(18(21)12-15)19-9-7-16(23-19)13-22-11-10-14-4-2-1-3-5-14;/h4,6-9,12,22H,1-3,5,10-11,13H2;1H. The average Bonchev–Trinajstić information content (AvgIpc) is 3.01. The summed E-state index contributed by atoms with van der Waals surface area (Å²) in [6.07, 6.45) is 8.84. The molecule has 5 heteroatoms. The SMILES string of the molecule is Brc1ccc(-c2ccc(CNCCC3=CCCCC3)o2)c(Br)c1.Cl. The minimum absolute atomic E-state index is 0. The molecule has 0 saturated carbocycles. The molecule has 2 aromatic rings. The largest absolute Gasteiger partial charge is 0.460 e. The van der Waals surface area contributed by atoms with Crippen LogP contribution in [0.2, 0.25) is 0 Å². The van der Waals surface area contributed by atoms with Gasteiger partial charge in [0.1, 0.15) is 11.5 Å². The van der Waals surface area contributed by atoms with Crippen LogP contribution in [0.1, 0.15) is 37.9 Å². The molecule has 130 valence electrons. The Balaban J connectivity index is 0.00000208. The van der Waals surface area contributed by atoms with E-state index in [-0.39, 0.29) is 12.4 Å². The minimum atomic E-state index is 0. The zero-order valence-corrected chi connectivity index (χ0v) is 17.5. The Morgan fingerprint density at radius 1 is 1.08 bits per heavy atom. The molecule has 0 amide bonds. The number of furan rings is 1. The van der Waals surface area contributed by atoms with Crippen molar-refractivity contribution in [3.63, 3.8) is 0 Å². The van der Waals surface area contributed by atoms with Gasteiger partial charge in [0, 0.05) is 14.5 Å². The van der Waals surface area contributed by atoms with E-state index in [0.29, 0.717) is 0 Å². The van der Waals surface area contributed by atoms with Gasteiger partial charge in [-0.15, -0.1) is 12.4 Å². The van der Waals surface area contributed by atoms with Gasteiger partial charge >= 0.3 is 0 Å². The zero-order valence-electron chi connectivity index (χ0n) is 13.5. The van der Waals surface area contributed by atoms with E-state index in [1.54, 1.807) is 5.57 Å². The maximum Gasteiger partial charge on any atom is 0.135 e. The van der Waals surface area contributed by atoms with E-state index >= 15 is 0 Å². The predicted molar refractivity (Wildman–Crippen MR) is 110 cm³/mol. The molecule has 0 spiro atoms. The van der Waals surface area contributed by atoms with Crippen molar-refractivity contribution in [1.29, 1.82) is 0 Å². The zero-order chi connectivity index (χ0) is 16.1. The first-order valence-corrected chi connectivity index (χ1v) is 9.74. The van der Waals surface area contributed by atoms with Crippen molar-refractivity contribution < 1.29 is 4.42 Å². The molecule has 0 bridgehead atoms. The van der Waals surface area contributed by atoms with Crippen LogP contribution >= 0.6 is 44.3 Å². The lowest BCUT2D eigenvalue weighted by atomic mass is 9.97. The first kappa shape index (κ1) is 19.8. The normalized spacial score (nSPS) is 14.2. The van der Waals surface area contributed by atoms with Crippen molar-refractivity contribution in [3.8, 4) is 11.3 Å². The molecule has 24 heavy (non-hydrogen) atoms. The second-order valence-electron chi connectivity index (χ2n) is 5.93. The van der Waals surface area contributed by atoms with Crippen LogP contribution < -0.4 is 5.32 Å². The molecule has 0 unspecified atom stereocenters. The molecule has 1 aliphatic rings. The Morgan fingerprint density at radius 2 is 1.96 bits per heavy atom. The second kappa shape index (κ2) is 9.81. The number of hydrogen-bond donors (Lipinski definition) is 1. The van der Waals surface area contributed by atoms with Crippen molar-refractivity contribution in [2.75, 3.05) is 6.54 Å². The molecule has 0 fully saturated rings. The highest BCUT2D eigenvalue weighted by Crippen LogP contribution is 2.31. The van der Waals surface area contributed by atoms with Gasteiger partial charge in [-0.25, -0.2) is 0 Å². The third-order valence-electron chi connectivity index (χ3n) is 4.17. The van der Waals surface area contributed by atoms with Gasteiger partial charge < -0.3 is 9.73 Å². The highest BCUT2D eigenvalue weighted by molar-refractivity contribution is 9.11. The Hall–Kier alpha value is -0.550. The first-order valence-electron chi connectivity index (χ1n) is 8.15. The monoisotopic (exact) mass is 473 g/mol. The van der Waals surface area contributed by atoms with Crippen LogP contribution in [0.15, 0.2) is 55.3 Å². The summed E-state index contributed by atoms with van der Waals surface area (Å²) in [5.41, 5.74) is 2.69. The predicted octanol–water partition coefficient (Wildman–Crippen LogP) is 6.87. The lowest BCUT2D eigenvalue weighted by molar-refractivity contribution is 0.493. The number of allylic oxidation sites excluding steroid dienone is 1. The average molecular weight is 476 g/mol. The van der Waals surface area contributed by atoms with Crippen LogP contribution in [-0.2, 0) is 6.54 Å². The number of benzene rings is 1. The molecule has 0 radical (unpaired) electrons. The Morgan fingerprint density at radius 3 is 2.71 bits per heavy atom. The summed E-state index contributed by atoms with van der Waals surface area (Å²) in [6.45, 7) is 1.80. The van der Waals surface area contributed by atoms with E-state index in [2.05, 4.69) is 55.4 Å². The van der Waals surface area contributed by atoms with E-state index in [9.17, 15) is 0 Å². The Kier molecular flexibility index (Phi) is 8.08. The fraction of sp³-hybridized carbons (Fsp3) is 0.368. The van der Waals surface area contributed by atoms with Crippen molar-refractivity contribution in [2.45, 2.75) is 38.6 Å². The van der Waals surface area contributed by atoms with Crippen LogP contribution in [0, 0.1) is 0 Å². The smallest absolute Gasteiger partial charge is 0.135 e. The van der Waals surface area contributed by atoms with Crippen LogP contribution in [0.4, 0.5) is 0 Å². The van der Waals surface area contributed by atoms with Crippen LogP contribution in [0.25, 0.3) is 11.3 Å². The van der Waals surface area contributed by atoms with Gasteiger partial charge in [-0.05, 0) is 84.9 Å². The first-order chi connectivity index (χ1) is 11.2. The Labute approximate surface area is 166 Å². The highest BCUT2D eigenvalue weighted by atomic mass is 79.9. The maximum atomic E-state index is 5.96. The summed E-state index contributed by atoms with van der Waals surface area (Å²) < 4.78 is 8.05. The maximum absolute atomic E-state index is 5.96. The topological polar surface area (TPSA) is 25.2 Å². The van der Waals surface area contributed by atoms with Gasteiger partial charge in [0.15, 0.2) is 0 Å². The van der Waals surface area contributed by atoms with Crippen molar-refractivity contribution >= 4 is 44.3 Å². The van der Waals surface area contributed by atoms with Crippen LogP contribution in [-0.4, -0.2) is 6.54 Å². The third kappa shape index (κ3) is 5.48. The van der Waals surface area contributed by atoms with E-state index in [1.807, 2.05) is 18.2 Å². The molecule has 1 aromatic carbocycles. The highest BCUT2D eigenvalue weighted by Gasteiger charge is 2.09. The van der Waals surface area contributed by atoms with E-state index < -0.39 is 0 Å².